The van der Waals surface area contributed by atoms with Gasteiger partial charge in [-0.1, -0.05) is 0 Å². The Hall–Kier alpha value is -2.38. The minimum absolute atomic E-state index is 0. The number of nitrogens with one attached hydrogen (secondary N) is 1. The van der Waals surface area contributed by atoms with E-state index in [2.05, 4.69) is 10.4 Å². The molecule has 1 aromatic carbocycles. The number of carbonyl (C=O) groups is 2. The van der Waals surface area contributed by atoms with Gasteiger partial charge in [0.25, 0.3) is 5.91 Å². The number of amides is 1. The first-order valence-electron chi connectivity index (χ1n) is 10.4. The second-order valence-corrected chi connectivity index (χ2v) is 7.84. The predicted octanol–water partition coefficient (Wildman–Crippen LogP) is 2.97. The molecule has 8 heteroatoms. The molecule has 30 heavy (non-hydrogen) atoms. The fourth-order valence-electron chi connectivity index (χ4n) is 4.21. The Morgan fingerprint density at radius 3 is 2.47 bits per heavy atom. The van der Waals surface area contributed by atoms with Crippen LogP contribution < -0.4 is 10.1 Å². The molecule has 7 nitrogen and oxygen atoms in total. The Kier molecular flexibility index (Phi) is 7.50. The number of halogens is 1. The van der Waals surface area contributed by atoms with Crippen molar-refractivity contribution in [3.63, 3.8) is 0 Å². The summed E-state index contributed by atoms with van der Waals surface area (Å²) in [5, 5.41) is 7.91. The van der Waals surface area contributed by atoms with Gasteiger partial charge < -0.3 is 15.0 Å². The number of hydrogen-bond acceptors (Lipinski definition) is 5. The molecular weight excluding hydrogens is 404 g/mol. The van der Waals surface area contributed by atoms with Crippen molar-refractivity contribution in [2.24, 2.45) is 5.92 Å². The number of Topliss-reactive ketones (excluding diaryl/α,β-unsaturated/α-hetero) is 1. The molecule has 3 heterocycles. The Morgan fingerprint density at radius 1 is 1.10 bits per heavy atom. The maximum Gasteiger partial charge on any atom is 0.274 e. The number of nitrogens with zero attached hydrogens (tertiary/aromatic N) is 3. The number of rotatable bonds is 5. The standard InChI is InChI=1S/C22H28N4O3.ClH/c1-29-19-6-4-16(5-7-19)21(27)17-8-12-25(13-9-17)22(28)20-10-14-26(24-20)18-3-2-11-23-15-18;/h4-7,10,14,17-18,23H,2-3,8-9,11-13,15H2,1H3;1H. The maximum absolute atomic E-state index is 12.8. The summed E-state index contributed by atoms with van der Waals surface area (Å²) in [5.74, 6) is 0.806. The summed E-state index contributed by atoms with van der Waals surface area (Å²) in [6, 6.07) is 9.37. The lowest BCUT2D eigenvalue weighted by Crippen LogP contribution is -2.40. The minimum Gasteiger partial charge on any atom is -0.497 e. The monoisotopic (exact) mass is 432 g/mol. The zero-order chi connectivity index (χ0) is 20.2. The summed E-state index contributed by atoms with van der Waals surface area (Å²) < 4.78 is 7.07. The van der Waals surface area contributed by atoms with Gasteiger partial charge in [0.05, 0.1) is 13.2 Å². The number of ketones is 1. The number of carbonyl (C=O) groups excluding carboxylic acids is 2. The molecule has 1 unspecified atom stereocenters. The molecule has 1 N–H and O–H groups in total. The lowest BCUT2D eigenvalue weighted by atomic mass is 9.89. The van der Waals surface area contributed by atoms with E-state index in [0.717, 1.165) is 31.7 Å². The van der Waals surface area contributed by atoms with Crippen LogP contribution in [0.15, 0.2) is 36.5 Å². The molecule has 162 valence electrons. The normalized spacial score (nSPS) is 19.8. The topological polar surface area (TPSA) is 76.5 Å². The Balaban J connectivity index is 0.00000256. The highest BCUT2D eigenvalue weighted by Gasteiger charge is 2.29. The largest absolute Gasteiger partial charge is 0.497 e. The molecule has 2 aliphatic heterocycles. The first kappa shape index (κ1) is 22.3. The molecule has 0 saturated carbocycles. The van der Waals surface area contributed by atoms with E-state index in [1.807, 2.05) is 46.1 Å². The molecular formula is C22H29ClN4O3. The van der Waals surface area contributed by atoms with Gasteiger partial charge in [-0.25, -0.2) is 0 Å². The minimum atomic E-state index is -0.0432. The average molecular weight is 433 g/mol. The number of piperidine rings is 2. The third kappa shape index (κ3) is 4.84. The molecule has 0 aliphatic carbocycles. The second kappa shape index (κ2) is 10.1. The van der Waals surface area contributed by atoms with Gasteiger partial charge in [-0.3, -0.25) is 14.3 Å². The number of aromatic nitrogens is 2. The van der Waals surface area contributed by atoms with Crippen LogP contribution >= 0.6 is 12.4 Å². The molecule has 1 atom stereocenters. The highest BCUT2D eigenvalue weighted by Crippen LogP contribution is 2.24. The van der Waals surface area contributed by atoms with Gasteiger partial charge in [0.2, 0.25) is 0 Å². The summed E-state index contributed by atoms with van der Waals surface area (Å²) >= 11 is 0. The van der Waals surface area contributed by atoms with Crippen molar-refractivity contribution >= 4 is 24.1 Å². The molecule has 1 amide bonds. The van der Waals surface area contributed by atoms with Crippen molar-refractivity contribution in [2.75, 3.05) is 33.3 Å². The van der Waals surface area contributed by atoms with Crippen molar-refractivity contribution in [3.8, 4) is 5.75 Å². The summed E-state index contributed by atoms with van der Waals surface area (Å²) in [6.07, 6.45) is 5.49. The van der Waals surface area contributed by atoms with Crippen LogP contribution in [0.5, 0.6) is 5.75 Å². The van der Waals surface area contributed by atoms with Gasteiger partial charge in [-0.05, 0) is 62.6 Å². The van der Waals surface area contributed by atoms with Crippen molar-refractivity contribution in [3.05, 3.63) is 47.8 Å². The van der Waals surface area contributed by atoms with Crippen molar-refractivity contribution < 1.29 is 14.3 Å². The summed E-state index contributed by atoms with van der Waals surface area (Å²) in [7, 11) is 1.61. The third-order valence-corrected chi connectivity index (χ3v) is 6.00. The van der Waals surface area contributed by atoms with Gasteiger partial charge in [0.1, 0.15) is 11.4 Å². The number of hydrogen-bond donors (Lipinski definition) is 1. The van der Waals surface area contributed by atoms with E-state index in [9.17, 15) is 9.59 Å². The zero-order valence-corrected chi connectivity index (χ0v) is 18.1. The molecule has 2 fully saturated rings. The van der Waals surface area contributed by atoms with Gasteiger partial charge >= 0.3 is 0 Å². The number of ether oxygens (including phenoxy) is 1. The van der Waals surface area contributed by atoms with Crippen LogP contribution in [0.3, 0.4) is 0 Å². The molecule has 0 radical (unpaired) electrons. The number of benzene rings is 1. The van der Waals surface area contributed by atoms with E-state index in [-0.39, 0.29) is 30.0 Å². The predicted molar refractivity (Wildman–Crippen MR) is 117 cm³/mol. The highest BCUT2D eigenvalue weighted by atomic mass is 35.5. The molecule has 0 spiro atoms. The van der Waals surface area contributed by atoms with Crippen molar-refractivity contribution in [1.82, 2.24) is 20.0 Å². The summed E-state index contributed by atoms with van der Waals surface area (Å²) in [6.45, 7) is 3.12. The van der Waals surface area contributed by atoms with Gasteiger partial charge in [0, 0.05) is 37.3 Å². The summed E-state index contributed by atoms with van der Waals surface area (Å²) in [4.78, 5) is 27.4. The van der Waals surface area contributed by atoms with Crippen molar-refractivity contribution in [1.29, 1.82) is 0 Å². The maximum atomic E-state index is 12.8. The SMILES string of the molecule is COc1ccc(C(=O)C2CCN(C(=O)c3ccn(C4CCCNC4)n3)CC2)cc1.Cl. The fourth-order valence-corrected chi connectivity index (χ4v) is 4.21. The molecule has 0 bridgehead atoms. The van der Waals surface area contributed by atoms with Crippen LogP contribution in [0.1, 0.15) is 52.6 Å². The van der Waals surface area contributed by atoms with Gasteiger partial charge in [-0.15, -0.1) is 12.4 Å². The molecule has 2 aromatic rings. The molecule has 4 rings (SSSR count). The average Bonchev–Trinajstić information content (AvgIpc) is 3.29. The lowest BCUT2D eigenvalue weighted by molar-refractivity contribution is 0.0644. The van der Waals surface area contributed by atoms with Crippen LogP contribution in [0.4, 0.5) is 0 Å². The Morgan fingerprint density at radius 2 is 1.83 bits per heavy atom. The van der Waals surface area contributed by atoms with Gasteiger partial charge in [0.15, 0.2) is 5.78 Å². The summed E-state index contributed by atoms with van der Waals surface area (Å²) in [5.41, 5.74) is 1.20. The van der Waals surface area contributed by atoms with E-state index in [0.29, 0.717) is 43.2 Å². The van der Waals surface area contributed by atoms with E-state index < -0.39 is 0 Å². The quantitative estimate of drug-likeness (QED) is 0.735. The lowest BCUT2D eigenvalue weighted by Gasteiger charge is -2.31. The number of likely N-dealkylation sites (tertiary alicyclic amines) is 1. The van der Waals surface area contributed by atoms with E-state index in [1.165, 1.54) is 0 Å². The number of methoxy groups -OCH3 is 1. The van der Waals surface area contributed by atoms with Crippen molar-refractivity contribution in [2.45, 2.75) is 31.7 Å². The van der Waals surface area contributed by atoms with Crippen LogP contribution in [0.25, 0.3) is 0 Å². The first-order chi connectivity index (χ1) is 14.2. The van der Waals surface area contributed by atoms with Gasteiger partial charge in [-0.2, -0.15) is 5.10 Å². The van der Waals surface area contributed by atoms with E-state index in [4.69, 9.17) is 4.74 Å². The third-order valence-electron chi connectivity index (χ3n) is 6.00. The molecule has 1 aromatic heterocycles. The first-order valence-corrected chi connectivity index (χ1v) is 10.4. The molecule has 2 saturated heterocycles. The zero-order valence-electron chi connectivity index (χ0n) is 17.3. The molecule has 2 aliphatic rings. The smallest absolute Gasteiger partial charge is 0.274 e. The second-order valence-electron chi connectivity index (χ2n) is 7.84. The van der Waals surface area contributed by atoms with Crippen LogP contribution in [-0.4, -0.2) is 59.7 Å². The van der Waals surface area contributed by atoms with Crippen LogP contribution in [-0.2, 0) is 0 Å². The Labute approximate surface area is 183 Å². The van der Waals surface area contributed by atoms with Crippen LogP contribution in [0, 0.1) is 5.92 Å². The van der Waals surface area contributed by atoms with E-state index >= 15 is 0 Å². The van der Waals surface area contributed by atoms with E-state index in [1.54, 1.807) is 7.11 Å². The highest BCUT2D eigenvalue weighted by molar-refractivity contribution is 5.98. The van der Waals surface area contributed by atoms with Crippen LogP contribution in [0.2, 0.25) is 0 Å². The fraction of sp³-hybridized carbons (Fsp3) is 0.500. The Bertz CT molecular complexity index is 854.